The molecule has 0 amide bonds. The van der Waals surface area contributed by atoms with E-state index in [2.05, 4.69) is 12.2 Å². The van der Waals surface area contributed by atoms with Gasteiger partial charge in [0.25, 0.3) is 0 Å². The van der Waals surface area contributed by atoms with E-state index in [1.807, 2.05) is 0 Å². The van der Waals surface area contributed by atoms with E-state index < -0.39 is 0 Å². The first-order valence-electron chi connectivity index (χ1n) is 3.28. The van der Waals surface area contributed by atoms with Gasteiger partial charge in [0.15, 0.2) is 0 Å². The van der Waals surface area contributed by atoms with Crippen LogP contribution in [0.25, 0.3) is 0 Å². The summed E-state index contributed by atoms with van der Waals surface area (Å²) in [7, 11) is 0. The molecule has 0 unspecified atom stereocenters. The van der Waals surface area contributed by atoms with E-state index in [1.54, 1.807) is 0 Å². The molecule has 2 heteroatoms. The summed E-state index contributed by atoms with van der Waals surface area (Å²) >= 11 is 0. The lowest BCUT2D eigenvalue weighted by Gasteiger charge is -2.24. The minimum Gasteiger partial charge on any atom is -0.328 e. The van der Waals surface area contributed by atoms with Crippen molar-refractivity contribution < 1.29 is 0 Å². The van der Waals surface area contributed by atoms with E-state index in [0.29, 0.717) is 12.1 Å². The van der Waals surface area contributed by atoms with Crippen molar-refractivity contribution in [1.82, 2.24) is 5.32 Å². The van der Waals surface area contributed by atoms with Crippen molar-refractivity contribution in [1.29, 1.82) is 0 Å². The molecule has 2 nitrogen and oxygen atoms in total. The van der Waals surface area contributed by atoms with Gasteiger partial charge < -0.3 is 11.1 Å². The third-order valence-electron chi connectivity index (χ3n) is 1.66. The molecular formula is C6H14N2. The maximum atomic E-state index is 5.69. The van der Waals surface area contributed by atoms with Gasteiger partial charge in [0.1, 0.15) is 0 Å². The van der Waals surface area contributed by atoms with Gasteiger partial charge in [-0.3, -0.25) is 0 Å². The zero-order valence-electron chi connectivity index (χ0n) is 5.35. The number of hydrogen-bond donors (Lipinski definition) is 2. The van der Waals surface area contributed by atoms with Crippen LogP contribution in [-0.4, -0.2) is 18.6 Å². The lowest BCUT2D eigenvalue weighted by Crippen LogP contribution is -2.41. The molecule has 2 atom stereocenters. The van der Waals surface area contributed by atoms with Crippen molar-refractivity contribution >= 4 is 0 Å². The van der Waals surface area contributed by atoms with Crippen LogP contribution in [0, 0.1) is 0 Å². The highest BCUT2D eigenvalue weighted by molar-refractivity contribution is 4.76. The third-order valence-corrected chi connectivity index (χ3v) is 1.66. The molecule has 1 fully saturated rings. The maximum absolute atomic E-state index is 5.69. The Morgan fingerprint density at radius 3 is 2.75 bits per heavy atom. The van der Waals surface area contributed by atoms with Gasteiger partial charge in [-0.15, -0.1) is 0 Å². The predicted molar refractivity (Wildman–Crippen MR) is 34.7 cm³/mol. The van der Waals surface area contributed by atoms with Crippen molar-refractivity contribution in [3.05, 3.63) is 0 Å². The van der Waals surface area contributed by atoms with E-state index in [4.69, 9.17) is 5.73 Å². The van der Waals surface area contributed by atoms with Crippen molar-refractivity contribution in [3.8, 4) is 0 Å². The molecule has 1 heterocycles. The van der Waals surface area contributed by atoms with Gasteiger partial charge in [0, 0.05) is 12.1 Å². The quantitative estimate of drug-likeness (QED) is 0.468. The zero-order valence-corrected chi connectivity index (χ0v) is 5.35. The van der Waals surface area contributed by atoms with Gasteiger partial charge in [-0.25, -0.2) is 0 Å². The predicted octanol–water partition coefficient (Wildman–Crippen LogP) is 0.0856. The maximum Gasteiger partial charge on any atom is 0.00656 e. The molecule has 0 radical (unpaired) electrons. The van der Waals surface area contributed by atoms with E-state index in [1.165, 1.54) is 0 Å². The van der Waals surface area contributed by atoms with Crippen molar-refractivity contribution in [3.63, 3.8) is 0 Å². The molecule has 0 aromatic rings. The highest BCUT2D eigenvalue weighted by Crippen LogP contribution is 2.04. The minimum atomic E-state index is 0.450. The fraction of sp³-hybridized carbons (Fsp3) is 1.00. The van der Waals surface area contributed by atoms with Gasteiger partial charge in [-0.05, 0) is 26.3 Å². The van der Waals surface area contributed by atoms with E-state index >= 15 is 0 Å². The fourth-order valence-electron chi connectivity index (χ4n) is 1.17. The van der Waals surface area contributed by atoms with Crippen LogP contribution in [0.1, 0.15) is 19.8 Å². The van der Waals surface area contributed by atoms with E-state index in [0.717, 1.165) is 19.4 Å². The normalized spacial score (nSPS) is 39.8. The molecule has 1 aliphatic heterocycles. The summed E-state index contributed by atoms with van der Waals surface area (Å²) in [4.78, 5) is 0. The second kappa shape index (κ2) is 2.46. The summed E-state index contributed by atoms with van der Waals surface area (Å²) in [6.45, 7) is 3.28. The molecule has 48 valence electrons. The highest BCUT2D eigenvalue weighted by Gasteiger charge is 2.12. The van der Waals surface area contributed by atoms with Crippen LogP contribution in [0.15, 0.2) is 0 Å². The highest BCUT2D eigenvalue weighted by atomic mass is 14.9. The molecule has 0 saturated carbocycles. The molecular weight excluding hydrogens is 100 g/mol. The fourth-order valence-corrected chi connectivity index (χ4v) is 1.17. The standard InChI is InChI=1S/C6H14N2/c1-5-4-6(7)2-3-8-5/h5-6,8H,2-4,7H2,1H3/t5-,6-/m0/s1. The Bertz CT molecular complexity index is 64.9. The molecule has 0 aromatic heterocycles. The molecule has 0 spiro atoms. The number of hydrogen-bond acceptors (Lipinski definition) is 2. The summed E-state index contributed by atoms with van der Waals surface area (Å²) in [5.74, 6) is 0. The van der Waals surface area contributed by atoms with Crippen molar-refractivity contribution in [2.75, 3.05) is 6.54 Å². The van der Waals surface area contributed by atoms with Crippen LogP contribution in [0.4, 0.5) is 0 Å². The van der Waals surface area contributed by atoms with Crippen molar-refractivity contribution in [2.45, 2.75) is 31.8 Å². The van der Waals surface area contributed by atoms with Gasteiger partial charge >= 0.3 is 0 Å². The van der Waals surface area contributed by atoms with Gasteiger partial charge in [-0.2, -0.15) is 0 Å². The summed E-state index contributed by atoms with van der Waals surface area (Å²) in [5.41, 5.74) is 5.69. The second-order valence-electron chi connectivity index (χ2n) is 2.64. The van der Waals surface area contributed by atoms with Crippen LogP contribution in [0.5, 0.6) is 0 Å². The lowest BCUT2D eigenvalue weighted by atomic mass is 10.0. The molecule has 0 bridgehead atoms. The molecule has 0 aromatic carbocycles. The Morgan fingerprint density at radius 1 is 1.62 bits per heavy atom. The van der Waals surface area contributed by atoms with Crippen LogP contribution >= 0.6 is 0 Å². The third kappa shape index (κ3) is 1.46. The van der Waals surface area contributed by atoms with Crippen LogP contribution in [0.3, 0.4) is 0 Å². The van der Waals surface area contributed by atoms with Gasteiger partial charge in [0.05, 0.1) is 0 Å². The Kier molecular flexibility index (Phi) is 1.86. The Labute approximate surface area is 50.4 Å². The Balaban J connectivity index is 2.23. The first kappa shape index (κ1) is 6.05. The first-order valence-corrected chi connectivity index (χ1v) is 3.28. The number of rotatable bonds is 0. The summed E-state index contributed by atoms with van der Waals surface area (Å²) < 4.78 is 0. The van der Waals surface area contributed by atoms with E-state index in [-0.39, 0.29) is 0 Å². The molecule has 8 heavy (non-hydrogen) atoms. The summed E-state index contributed by atoms with van der Waals surface area (Å²) in [5, 5.41) is 3.33. The van der Waals surface area contributed by atoms with Gasteiger partial charge in [-0.1, -0.05) is 0 Å². The molecule has 1 saturated heterocycles. The smallest absolute Gasteiger partial charge is 0.00656 e. The SMILES string of the molecule is C[C@H]1C[C@@H](N)CCN1. The lowest BCUT2D eigenvalue weighted by molar-refractivity contribution is 0.381. The summed E-state index contributed by atoms with van der Waals surface area (Å²) in [6.07, 6.45) is 2.28. The minimum absolute atomic E-state index is 0.450. The average Bonchev–Trinajstić information content (AvgIpc) is 1.64. The zero-order chi connectivity index (χ0) is 5.98. The molecule has 1 rings (SSSR count). The van der Waals surface area contributed by atoms with Crippen LogP contribution < -0.4 is 11.1 Å². The largest absolute Gasteiger partial charge is 0.328 e. The monoisotopic (exact) mass is 114 g/mol. The second-order valence-corrected chi connectivity index (χ2v) is 2.64. The molecule has 1 aliphatic rings. The van der Waals surface area contributed by atoms with E-state index in [9.17, 15) is 0 Å². The molecule has 3 N–H and O–H groups in total. The number of piperidine rings is 1. The number of nitrogens with two attached hydrogens (primary N) is 1. The first-order chi connectivity index (χ1) is 3.79. The summed E-state index contributed by atoms with van der Waals surface area (Å²) in [6, 6.07) is 1.09. The van der Waals surface area contributed by atoms with Crippen LogP contribution in [-0.2, 0) is 0 Å². The Hall–Kier alpha value is -0.0800. The molecule has 0 aliphatic carbocycles. The van der Waals surface area contributed by atoms with Crippen LogP contribution in [0.2, 0.25) is 0 Å². The Morgan fingerprint density at radius 2 is 2.38 bits per heavy atom. The average molecular weight is 114 g/mol. The van der Waals surface area contributed by atoms with Gasteiger partial charge in [0.2, 0.25) is 0 Å². The van der Waals surface area contributed by atoms with Crippen molar-refractivity contribution in [2.24, 2.45) is 5.73 Å². The topological polar surface area (TPSA) is 38.0 Å². The number of nitrogens with one attached hydrogen (secondary N) is 1.